The largest absolute Gasteiger partial charge is 0.354 e. The molecule has 4 aromatic rings. The molecule has 1 saturated heterocycles. The number of anilines is 1. The van der Waals surface area contributed by atoms with E-state index >= 15 is 0 Å². The van der Waals surface area contributed by atoms with E-state index in [1.165, 1.54) is 0 Å². The maximum Gasteiger partial charge on any atom is 0.330 e. The van der Waals surface area contributed by atoms with Crippen molar-refractivity contribution in [2.45, 2.75) is 45.8 Å². The number of aromatic amines is 1. The fraction of sp³-hybridized carbons (Fsp3) is 0.375. The second kappa shape index (κ2) is 8.76. The molecule has 1 aliphatic rings. The lowest BCUT2D eigenvalue weighted by Crippen LogP contribution is -2.67. The highest BCUT2D eigenvalue weighted by Gasteiger charge is 2.26. The van der Waals surface area contributed by atoms with Crippen molar-refractivity contribution in [3.63, 3.8) is 0 Å². The lowest BCUT2D eigenvalue weighted by Gasteiger charge is -2.29. The van der Waals surface area contributed by atoms with Crippen molar-refractivity contribution in [1.29, 1.82) is 0 Å². The minimum Gasteiger partial charge on any atom is -0.354 e. The molecule has 1 fully saturated rings. The average Bonchev–Trinajstić information content (AvgIpc) is 3.18. The van der Waals surface area contributed by atoms with Gasteiger partial charge in [0.1, 0.15) is 11.9 Å². The molecular formula is C24H27N8O2+. The van der Waals surface area contributed by atoms with Crippen LogP contribution in [0.25, 0.3) is 22.1 Å². The van der Waals surface area contributed by atoms with Crippen LogP contribution in [0.1, 0.15) is 31.3 Å². The fourth-order valence-corrected chi connectivity index (χ4v) is 4.58. The molecule has 1 aliphatic heterocycles. The maximum atomic E-state index is 13.6. The predicted octanol–water partition coefficient (Wildman–Crippen LogP) is 0.420. The summed E-state index contributed by atoms with van der Waals surface area (Å²) >= 11 is 0. The van der Waals surface area contributed by atoms with Crippen LogP contribution in [-0.2, 0) is 13.1 Å². The van der Waals surface area contributed by atoms with Crippen LogP contribution < -0.4 is 21.9 Å². The first kappa shape index (κ1) is 21.9. The van der Waals surface area contributed by atoms with Gasteiger partial charge in [0.25, 0.3) is 5.56 Å². The van der Waals surface area contributed by atoms with Gasteiger partial charge in [-0.1, -0.05) is 24.1 Å². The van der Waals surface area contributed by atoms with Crippen LogP contribution in [0, 0.1) is 18.8 Å². The number of quaternary nitrogens is 1. The quantitative estimate of drug-likeness (QED) is 0.426. The van der Waals surface area contributed by atoms with Gasteiger partial charge in [-0.15, -0.1) is 5.92 Å². The Morgan fingerprint density at radius 2 is 2.00 bits per heavy atom. The molecule has 0 saturated carbocycles. The number of hydrogen-bond donors (Lipinski definition) is 2. The number of imidazole rings is 1. The normalized spacial score (nSPS) is 16.1. The molecule has 0 spiro atoms. The molecule has 1 atom stereocenters. The van der Waals surface area contributed by atoms with Crippen molar-refractivity contribution in [1.82, 2.24) is 29.1 Å². The SMILES string of the molecule is CC#CCn1c(N2CCCC([NH3+])C2)nc2[nH]c(=O)n(Cc3nc(C)c4ccccc4n3)c(=O)c21. The smallest absolute Gasteiger partial charge is 0.330 e. The van der Waals surface area contributed by atoms with Crippen molar-refractivity contribution in [2.75, 3.05) is 18.0 Å². The number of aryl methyl sites for hydroxylation is 1. The van der Waals surface area contributed by atoms with Gasteiger partial charge in [0, 0.05) is 24.0 Å². The molecule has 3 aromatic heterocycles. The van der Waals surface area contributed by atoms with E-state index in [-0.39, 0.29) is 18.2 Å². The van der Waals surface area contributed by atoms with Crippen molar-refractivity contribution in [2.24, 2.45) is 0 Å². The second-order valence-electron chi connectivity index (χ2n) is 8.64. The number of para-hydroxylation sites is 1. The van der Waals surface area contributed by atoms with E-state index in [0.29, 0.717) is 23.8 Å². The van der Waals surface area contributed by atoms with Crippen molar-refractivity contribution in [3.8, 4) is 11.8 Å². The van der Waals surface area contributed by atoms with Crippen molar-refractivity contribution in [3.05, 3.63) is 56.6 Å². The first-order chi connectivity index (χ1) is 16.5. The third-order valence-corrected chi connectivity index (χ3v) is 6.22. The standard InChI is InChI=1S/C24H26N8O2/c1-3-4-12-31-20-21(28-23(31)30-11-7-8-16(25)13-30)29-24(34)32(22(20)33)14-19-26-15(2)17-9-5-6-10-18(17)27-19/h5-6,9-10,16H,7-8,11-14,25H2,1-2H3,(H,29,34)/p+1. The first-order valence-corrected chi connectivity index (χ1v) is 11.4. The Hall–Kier alpha value is -3.97. The molecule has 4 heterocycles. The van der Waals surface area contributed by atoms with Crippen LogP contribution in [-0.4, -0.2) is 48.2 Å². The number of rotatable bonds is 4. The van der Waals surface area contributed by atoms with E-state index < -0.39 is 11.2 Å². The maximum absolute atomic E-state index is 13.6. The molecule has 0 radical (unpaired) electrons. The van der Waals surface area contributed by atoms with Gasteiger partial charge in [0.15, 0.2) is 11.2 Å². The van der Waals surface area contributed by atoms with Gasteiger partial charge in [-0.25, -0.2) is 14.8 Å². The topological polar surface area (TPSA) is 129 Å². The molecule has 1 aromatic carbocycles. The minimum absolute atomic E-state index is 0.0413. The van der Waals surface area contributed by atoms with E-state index in [0.717, 1.165) is 47.1 Å². The molecule has 1 unspecified atom stereocenters. The fourth-order valence-electron chi connectivity index (χ4n) is 4.58. The Morgan fingerprint density at radius 3 is 2.79 bits per heavy atom. The summed E-state index contributed by atoms with van der Waals surface area (Å²) in [5.41, 5.74) is 5.37. The first-order valence-electron chi connectivity index (χ1n) is 11.4. The molecule has 0 bridgehead atoms. The van der Waals surface area contributed by atoms with E-state index in [1.54, 1.807) is 11.5 Å². The van der Waals surface area contributed by atoms with E-state index in [2.05, 4.69) is 42.4 Å². The van der Waals surface area contributed by atoms with Gasteiger partial charge in [0.2, 0.25) is 5.95 Å². The molecule has 174 valence electrons. The third kappa shape index (κ3) is 3.84. The zero-order chi connectivity index (χ0) is 23.8. The number of piperidine rings is 1. The predicted molar refractivity (Wildman–Crippen MR) is 130 cm³/mol. The number of hydrogen-bond acceptors (Lipinski definition) is 6. The molecule has 4 N–H and O–H groups in total. The molecular weight excluding hydrogens is 432 g/mol. The summed E-state index contributed by atoms with van der Waals surface area (Å²) in [6, 6.07) is 7.95. The summed E-state index contributed by atoms with van der Waals surface area (Å²) in [4.78, 5) is 45.2. The van der Waals surface area contributed by atoms with Gasteiger partial charge in [0.05, 0.1) is 25.2 Å². The van der Waals surface area contributed by atoms with Gasteiger partial charge < -0.3 is 10.6 Å². The van der Waals surface area contributed by atoms with Gasteiger partial charge in [-0.05, 0) is 26.3 Å². The Balaban J connectivity index is 1.64. The van der Waals surface area contributed by atoms with Crippen LogP contribution in [0.4, 0.5) is 5.95 Å². The lowest BCUT2D eigenvalue weighted by atomic mass is 10.1. The number of aromatic nitrogens is 6. The van der Waals surface area contributed by atoms with Crippen LogP contribution in [0.3, 0.4) is 0 Å². The molecule has 10 heteroatoms. The van der Waals surface area contributed by atoms with E-state index in [9.17, 15) is 9.59 Å². The third-order valence-electron chi connectivity index (χ3n) is 6.22. The van der Waals surface area contributed by atoms with Crippen LogP contribution in [0.5, 0.6) is 0 Å². The Labute approximate surface area is 195 Å². The monoisotopic (exact) mass is 459 g/mol. The highest BCUT2D eigenvalue weighted by molar-refractivity contribution is 5.80. The number of benzene rings is 1. The summed E-state index contributed by atoms with van der Waals surface area (Å²) in [5.74, 6) is 6.96. The Kier molecular flexibility index (Phi) is 5.63. The summed E-state index contributed by atoms with van der Waals surface area (Å²) in [6.45, 7) is 5.46. The van der Waals surface area contributed by atoms with Gasteiger partial charge in [-0.2, -0.15) is 4.98 Å². The summed E-state index contributed by atoms with van der Waals surface area (Å²) in [5, 5.41) is 0.939. The number of nitrogens with one attached hydrogen (secondary N) is 1. The van der Waals surface area contributed by atoms with Crippen molar-refractivity contribution < 1.29 is 5.73 Å². The number of fused-ring (bicyclic) bond motifs is 2. The van der Waals surface area contributed by atoms with E-state index in [4.69, 9.17) is 0 Å². The van der Waals surface area contributed by atoms with Crippen LogP contribution in [0.2, 0.25) is 0 Å². The molecule has 34 heavy (non-hydrogen) atoms. The summed E-state index contributed by atoms with van der Waals surface area (Å²) in [6.07, 6.45) is 2.05. The average molecular weight is 460 g/mol. The highest BCUT2D eigenvalue weighted by atomic mass is 16.2. The minimum atomic E-state index is -0.543. The van der Waals surface area contributed by atoms with Gasteiger partial charge >= 0.3 is 5.69 Å². The zero-order valence-electron chi connectivity index (χ0n) is 19.3. The van der Waals surface area contributed by atoms with Crippen LogP contribution in [0.15, 0.2) is 33.9 Å². The molecule has 10 nitrogen and oxygen atoms in total. The zero-order valence-corrected chi connectivity index (χ0v) is 19.3. The molecule has 0 amide bonds. The van der Waals surface area contributed by atoms with Gasteiger partial charge in [-0.3, -0.25) is 18.9 Å². The second-order valence-corrected chi connectivity index (χ2v) is 8.64. The van der Waals surface area contributed by atoms with Crippen LogP contribution >= 0.6 is 0 Å². The lowest BCUT2D eigenvalue weighted by molar-refractivity contribution is -0.419. The number of H-pyrrole nitrogens is 1. The molecule has 5 rings (SSSR count). The Bertz CT molecular complexity index is 1570. The Morgan fingerprint density at radius 1 is 1.18 bits per heavy atom. The number of nitrogens with zero attached hydrogens (tertiary/aromatic N) is 6. The van der Waals surface area contributed by atoms with E-state index in [1.807, 2.05) is 31.2 Å². The highest BCUT2D eigenvalue weighted by Crippen LogP contribution is 2.22. The molecule has 0 aliphatic carbocycles. The van der Waals surface area contributed by atoms with Crippen molar-refractivity contribution >= 4 is 28.0 Å². The summed E-state index contributed by atoms with van der Waals surface area (Å²) < 4.78 is 2.93. The summed E-state index contributed by atoms with van der Waals surface area (Å²) in [7, 11) is 0.